The van der Waals surface area contributed by atoms with Gasteiger partial charge in [0, 0.05) is 19.4 Å². The van der Waals surface area contributed by atoms with Crippen LogP contribution in [0.3, 0.4) is 0 Å². The molecular formula is C45H89NO7S. The molecule has 0 bridgehead atoms. The van der Waals surface area contributed by atoms with Crippen molar-refractivity contribution in [3.05, 3.63) is 0 Å². The summed E-state index contributed by atoms with van der Waals surface area (Å²) < 4.78 is 39.5. The van der Waals surface area contributed by atoms with Gasteiger partial charge < -0.3 is 14.4 Å². The zero-order valence-electron chi connectivity index (χ0n) is 36.2. The van der Waals surface area contributed by atoms with Gasteiger partial charge in [-0.3, -0.25) is 13.8 Å². The van der Waals surface area contributed by atoms with Gasteiger partial charge in [-0.05, 0) is 70.9 Å². The Labute approximate surface area is 335 Å². The first-order valence-corrected chi connectivity index (χ1v) is 24.9. The number of esters is 2. The van der Waals surface area contributed by atoms with Gasteiger partial charge in [-0.15, -0.1) is 0 Å². The van der Waals surface area contributed by atoms with E-state index in [0.29, 0.717) is 26.0 Å². The molecule has 54 heavy (non-hydrogen) atoms. The van der Waals surface area contributed by atoms with Gasteiger partial charge in [0.1, 0.15) is 6.10 Å². The summed E-state index contributed by atoms with van der Waals surface area (Å²) in [5, 5.41) is 0. The van der Waals surface area contributed by atoms with Gasteiger partial charge in [0.15, 0.2) is 0 Å². The number of hydrogen-bond donors (Lipinski definition) is 0. The standard InChI is InChI=1S/C45H89NO7S/c1-5-8-11-14-17-18-19-25-33-41-51-44(47)36-30-26-32-39-46(40-42-52-54(4,49)50)38-31-24-20-23-29-37-45(48)53-43(34-27-21-15-12-9-6-2)35-28-22-16-13-10-7-3/h43H,5-42H2,1-4H3. The van der Waals surface area contributed by atoms with Crippen LogP contribution in [-0.2, 0) is 33.4 Å². The molecule has 0 amide bonds. The Morgan fingerprint density at radius 1 is 0.463 bits per heavy atom. The highest BCUT2D eigenvalue weighted by Gasteiger charge is 2.15. The molecule has 322 valence electrons. The van der Waals surface area contributed by atoms with Crippen LogP contribution < -0.4 is 0 Å². The molecule has 0 heterocycles. The summed E-state index contributed by atoms with van der Waals surface area (Å²) >= 11 is 0. The lowest BCUT2D eigenvalue weighted by Gasteiger charge is -2.22. The smallest absolute Gasteiger partial charge is 0.306 e. The Bertz CT molecular complexity index is 913. The van der Waals surface area contributed by atoms with E-state index in [9.17, 15) is 18.0 Å². The third-order valence-electron chi connectivity index (χ3n) is 10.5. The fourth-order valence-corrected chi connectivity index (χ4v) is 7.43. The van der Waals surface area contributed by atoms with Crippen molar-refractivity contribution in [1.82, 2.24) is 4.90 Å². The summed E-state index contributed by atoms with van der Waals surface area (Å²) in [4.78, 5) is 27.2. The molecular weight excluding hydrogens is 699 g/mol. The van der Waals surface area contributed by atoms with E-state index >= 15 is 0 Å². The van der Waals surface area contributed by atoms with Crippen LogP contribution in [0, 0.1) is 0 Å². The number of hydrogen-bond acceptors (Lipinski definition) is 8. The minimum atomic E-state index is -3.46. The predicted molar refractivity (Wildman–Crippen MR) is 227 cm³/mol. The van der Waals surface area contributed by atoms with Crippen molar-refractivity contribution < 1.29 is 31.7 Å². The summed E-state index contributed by atoms with van der Waals surface area (Å²) in [5.74, 6) is -0.122. The topological polar surface area (TPSA) is 99.2 Å². The molecule has 0 aliphatic heterocycles. The molecule has 0 aliphatic carbocycles. The predicted octanol–water partition coefficient (Wildman–Crippen LogP) is 12.7. The summed E-state index contributed by atoms with van der Waals surface area (Å²) in [6.07, 6.45) is 38.3. The molecule has 0 aromatic rings. The SMILES string of the molecule is CCCCCCCCCCCOC(=O)CCCCCN(CCCCCCCC(=O)OC(CCCCCCCC)CCCCCCCC)CCOS(C)(=O)=O. The molecule has 0 radical (unpaired) electrons. The maximum atomic E-state index is 12.7. The Balaban J connectivity index is 4.27. The van der Waals surface area contributed by atoms with E-state index in [1.807, 2.05) is 0 Å². The van der Waals surface area contributed by atoms with Crippen molar-refractivity contribution in [2.75, 3.05) is 39.1 Å². The van der Waals surface area contributed by atoms with Crippen LogP contribution in [0.5, 0.6) is 0 Å². The highest BCUT2D eigenvalue weighted by atomic mass is 32.2. The van der Waals surface area contributed by atoms with Gasteiger partial charge in [0.2, 0.25) is 0 Å². The lowest BCUT2D eigenvalue weighted by atomic mass is 10.0. The number of carbonyl (C=O) groups excluding carboxylic acids is 2. The Kier molecular flexibility index (Phi) is 39.1. The van der Waals surface area contributed by atoms with Crippen molar-refractivity contribution in [2.45, 2.75) is 239 Å². The molecule has 9 heteroatoms. The zero-order valence-corrected chi connectivity index (χ0v) is 37.0. The van der Waals surface area contributed by atoms with E-state index in [1.54, 1.807) is 0 Å². The summed E-state index contributed by atoms with van der Waals surface area (Å²) in [5.41, 5.74) is 0. The molecule has 0 aromatic carbocycles. The van der Waals surface area contributed by atoms with Gasteiger partial charge in [0.05, 0.1) is 19.5 Å². The van der Waals surface area contributed by atoms with Crippen LogP contribution in [0.4, 0.5) is 0 Å². The van der Waals surface area contributed by atoms with Gasteiger partial charge >= 0.3 is 11.9 Å². The molecule has 0 N–H and O–H groups in total. The van der Waals surface area contributed by atoms with E-state index in [-0.39, 0.29) is 24.6 Å². The van der Waals surface area contributed by atoms with Crippen LogP contribution in [0.2, 0.25) is 0 Å². The molecule has 0 fully saturated rings. The fraction of sp³-hybridized carbons (Fsp3) is 0.956. The van der Waals surface area contributed by atoms with Gasteiger partial charge in [0.25, 0.3) is 10.1 Å². The van der Waals surface area contributed by atoms with Crippen molar-refractivity contribution in [2.24, 2.45) is 0 Å². The maximum absolute atomic E-state index is 12.7. The van der Waals surface area contributed by atoms with Gasteiger partial charge in [-0.25, -0.2) is 0 Å². The summed E-state index contributed by atoms with van der Waals surface area (Å²) in [6.45, 7) is 9.74. The number of rotatable bonds is 43. The summed E-state index contributed by atoms with van der Waals surface area (Å²) in [6, 6.07) is 0. The van der Waals surface area contributed by atoms with E-state index in [1.165, 1.54) is 109 Å². The van der Waals surface area contributed by atoms with Crippen LogP contribution in [-0.4, -0.2) is 70.5 Å². The number of unbranched alkanes of at least 4 members (excludes halogenated alkanes) is 24. The molecule has 0 saturated carbocycles. The zero-order chi connectivity index (χ0) is 39.8. The molecule has 0 unspecified atom stereocenters. The van der Waals surface area contributed by atoms with Crippen LogP contribution >= 0.6 is 0 Å². The highest BCUT2D eigenvalue weighted by Crippen LogP contribution is 2.18. The largest absolute Gasteiger partial charge is 0.466 e. The first-order valence-electron chi connectivity index (χ1n) is 23.1. The Morgan fingerprint density at radius 2 is 0.852 bits per heavy atom. The van der Waals surface area contributed by atoms with Gasteiger partial charge in [-0.2, -0.15) is 8.42 Å². The van der Waals surface area contributed by atoms with E-state index in [2.05, 4.69) is 25.7 Å². The maximum Gasteiger partial charge on any atom is 0.306 e. The first kappa shape index (κ1) is 52.8. The highest BCUT2D eigenvalue weighted by molar-refractivity contribution is 7.85. The van der Waals surface area contributed by atoms with E-state index in [0.717, 1.165) is 109 Å². The lowest BCUT2D eigenvalue weighted by molar-refractivity contribution is -0.150. The van der Waals surface area contributed by atoms with Crippen molar-refractivity contribution in [1.29, 1.82) is 0 Å². The number of carbonyl (C=O) groups is 2. The fourth-order valence-electron chi connectivity index (χ4n) is 7.05. The van der Waals surface area contributed by atoms with E-state index in [4.69, 9.17) is 13.7 Å². The van der Waals surface area contributed by atoms with E-state index < -0.39 is 10.1 Å². The Morgan fingerprint density at radius 3 is 1.33 bits per heavy atom. The second-order valence-corrected chi connectivity index (χ2v) is 17.6. The molecule has 0 spiro atoms. The molecule has 0 aromatic heterocycles. The second kappa shape index (κ2) is 40.0. The molecule has 0 aliphatic rings. The average Bonchev–Trinajstić information content (AvgIpc) is 3.13. The minimum Gasteiger partial charge on any atom is -0.466 e. The van der Waals surface area contributed by atoms with Crippen LogP contribution in [0.15, 0.2) is 0 Å². The van der Waals surface area contributed by atoms with Crippen molar-refractivity contribution in [3.63, 3.8) is 0 Å². The number of ether oxygens (including phenoxy) is 2. The van der Waals surface area contributed by atoms with Gasteiger partial charge in [-0.1, -0.05) is 162 Å². The Hall–Kier alpha value is -1.19. The number of nitrogens with zero attached hydrogens (tertiary/aromatic N) is 1. The molecule has 0 saturated heterocycles. The summed E-state index contributed by atoms with van der Waals surface area (Å²) in [7, 11) is -3.46. The van der Waals surface area contributed by atoms with Crippen LogP contribution in [0.1, 0.15) is 233 Å². The monoisotopic (exact) mass is 788 g/mol. The van der Waals surface area contributed by atoms with Crippen molar-refractivity contribution >= 4 is 22.1 Å². The molecule has 0 atom stereocenters. The molecule has 0 rings (SSSR count). The third-order valence-corrected chi connectivity index (χ3v) is 11.1. The average molecular weight is 788 g/mol. The second-order valence-electron chi connectivity index (χ2n) is 16.0. The van der Waals surface area contributed by atoms with Crippen molar-refractivity contribution in [3.8, 4) is 0 Å². The quantitative estimate of drug-likeness (QED) is 0.0342. The minimum absolute atomic E-state index is 0.0268. The van der Waals surface area contributed by atoms with Crippen LogP contribution in [0.25, 0.3) is 0 Å². The first-order chi connectivity index (χ1) is 26.2. The third kappa shape index (κ3) is 40.5. The normalized spacial score (nSPS) is 11.9. The lowest BCUT2D eigenvalue weighted by Crippen LogP contribution is -2.30. The molecule has 8 nitrogen and oxygen atoms in total.